The summed E-state index contributed by atoms with van der Waals surface area (Å²) in [5, 5.41) is 0. The lowest BCUT2D eigenvalue weighted by molar-refractivity contribution is 1.40. The van der Waals surface area contributed by atoms with Crippen LogP contribution in [0.3, 0.4) is 0 Å². The van der Waals surface area contributed by atoms with Crippen molar-refractivity contribution >= 4 is 0 Å². The van der Waals surface area contributed by atoms with Crippen molar-refractivity contribution in [2.45, 2.75) is 6.42 Å². The summed E-state index contributed by atoms with van der Waals surface area (Å²) in [4.78, 5) is 0. The van der Waals surface area contributed by atoms with Crippen LogP contribution in [0.2, 0.25) is 0 Å². The van der Waals surface area contributed by atoms with Gasteiger partial charge >= 0.3 is 0 Å². The molecular weight excluding hydrogens is 60.1 g/mol. The summed E-state index contributed by atoms with van der Waals surface area (Å²) < 4.78 is 0. The Hall–Kier alpha value is -0.260. The second-order valence-electron chi connectivity index (χ2n) is 0.664. The minimum absolute atomic E-state index is 0.538. The van der Waals surface area contributed by atoms with Gasteiger partial charge in [-0.3, -0.25) is 0 Å². The molecule has 0 unspecified atom stereocenters. The Balaban J connectivity index is 2.62. The highest BCUT2D eigenvalue weighted by Crippen LogP contribution is 1.72. The quantitative estimate of drug-likeness (QED) is 0.433. The Bertz CT molecular complexity index is 27.0. The zero-order valence-corrected chi connectivity index (χ0v) is 3.02. The molecule has 0 saturated carbocycles. The molecule has 0 atom stereocenters. The van der Waals surface area contributed by atoms with E-state index in [9.17, 15) is 0 Å². The van der Waals surface area contributed by atoms with Crippen molar-refractivity contribution in [3.05, 3.63) is 26.0 Å². The van der Waals surface area contributed by atoms with Crippen LogP contribution >= 0.6 is 0 Å². The Morgan fingerprint density at radius 3 is 2.20 bits per heavy atom. The van der Waals surface area contributed by atoms with Gasteiger partial charge in [-0.25, -0.2) is 0 Å². The van der Waals surface area contributed by atoms with Gasteiger partial charge in [0.05, 0.1) is 0 Å². The summed E-state index contributed by atoms with van der Waals surface area (Å²) in [7, 11) is 0. The second-order valence-corrected chi connectivity index (χ2v) is 0.664. The third-order valence-electron chi connectivity index (χ3n) is 0.272. The lowest BCUT2D eigenvalue weighted by atomic mass is 10.4. The molecule has 0 heteroatoms. The summed E-state index contributed by atoms with van der Waals surface area (Å²) in [6.07, 6.45) is 3.65. The van der Waals surface area contributed by atoms with Crippen molar-refractivity contribution in [1.29, 1.82) is 0 Å². The van der Waals surface area contributed by atoms with Gasteiger partial charge in [0.2, 0.25) is 0 Å². The van der Waals surface area contributed by atoms with E-state index >= 15 is 0 Å². The van der Waals surface area contributed by atoms with Crippen molar-refractivity contribution in [3.8, 4) is 0 Å². The van der Waals surface area contributed by atoms with Gasteiger partial charge in [-0.05, 0) is 20.3 Å². The molecule has 26 valence electrons. The molecule has 0 fully saturated rings. The zero-order valence-electron chi connectivity index (χ0n) is 3.02. The Kier molecular flexibility index (Phi) is 3.55. The molecule has 0 N–H and O–H groups in total. The first-order valence-electron chi connectivity index (χ1n) is 1.48. The van der Waals surface area contributed by atoms with Gasteiger partial charge in [0.1, 0.15) is 0 Å². The van der Waals surface area contributed by atoms with Crippen molar-refractivity contribution in [2.75, 3.05) is 0 Å². The van der Waals surface area contributed by atoms with Crippen LogP contribution in [0.15, 0.2) is 12.2 Å². The van der Waals surface area contributed by atoms with Crippen LogP contribution in [0.4, 0.5) is 0 Å². The SMILES string of the molecule is [CH]/C=C\C[CH]. The molecule has 4 radical (unpaired) electrons. The van der Waals surface area contributed by atoms with E-state index in [4.69, 9.17) is 13.8 Å². The fourth-order valence-electron chi connectivity index (χ4n) is 0.0786. The van der Waals surface area contributed by atoms with Crippen molar-refractivity contribution in [3.63, 3.8) is 0 Å². The highest BCUT2D eigenvalue weighted by Gasteiger charge is 1.53. The number of allylic oxidation sites excluding steroid dienone is 2. The fraction of sp³-hybridized carbons (Fsp3) is 0.200. The molecule has 0 aliphatic rings. The number of hydrogen-bond donors (Lipinski definition) is 0. The first-order valence-corrected chi connectivity index (χ1v) is 1.48. The predicted molar refractivity (Wildman–Crippen MR) is 22.4 cm³/mol. The summed E-state index contributed by atoms with van der Waals surface area (Å²) in [5.74, 6) is 0. The van der Waals surface area contributed by atoms with Crippen LogP contribution in [-0.4, -0.2) is 0 Å². The first-order chi connectivity index (χ1) is 2.41. The monoisotopic (exact) mass is 66.0 g/mol. The summed E-state index contributed by atoms with van der Waals surface area (Å²) >= 11 is 0. The molecule has 0 amide bonds. The third kappa shape index (κ3) is 3.74. The van der Waals surface area contributed by atoms with E-state index in [0.717, 1.165) is 0 Å². The maximum Gasteiger partial charge on any atom is -0.00958 e. The first kappa shape index (κ1) is 4.74. The Labute approximate surface area is 33.5 Å². The van der Waals surface area contributed by atoms with E-state index < -0.39 is 0 Å². The number of rotatable bonds is 1. The summed E-state index contributed by atoms with van der Waals surface area (Å²) in [5.41, 5.74) is 0. The largest absolute Gasteiger partial charge is 0.0879 e. The van der Waals surface area contributed by atoms with Crippen molar-refractivity contribution in [1.82, 2.24) is 0 Å². The Morgan fingerprint density at radius 1 is 1.60 bits per heavy atom. The maximum atomic E-state index is 4.97. The lowest BCUT2D eigenvalue weighted by Gasteiger charge is -1.64. The molecule has 0 spiro atoms. The minimum Gasteiger partial charge on any atom is -0.0879 e. The van der Waals surface area contributed by atoms with Crippen LogP contribution in [-0.2, 0) is 0 Å². The van der Waals surface area contributed by atoms with Gasteiger partial charge in [0.25, 0.3) is 0 Å². The topological polar surface area (TPSA) is 0 Å². The van der Waals surface area contributed by atoms with E-state index in [1.54, 1.807) is 6.08 Å². The molecule has 5 heavy (non-hydrogen) atoms. The van der Waals surface area contributed by atoms with Crippen LogP contribution in [0, 0.1) is 13.8 Å². The van der Waals surface area contributed by atoms with E-state index in [2.05, 4.69) is 0 Å². The molecule has 0 aliphatic heterocycles. The van der Waals surface area contributed by atoms with Gasteiger partial charge in [0.15, 0.2) is 0 Å². The fourth-order valence-corrected chi connectivity index (χ4v) is 0.0786. The molecule has 0 saturated heterocycles. The molecule has 0 bridgehead atoms. The van der Waals surface area contributed by atoms with E-state index in [1.807, 2.05) is 0 Å². The van der Waals surface area contributed by atoms with E-state index in [1.165, 1.54) is 6.08 Å². The van der Waals surface area contributed by atoms with Crippen LogP contribution in [0.1, 0.15) is 6.42 Å². The normalized spacial score (nSPS) is 10.0. The molecule has 0 aromatic carbocycles. The molecule has 0 heterocycles. The molecule has 0 aromatic heterocycles. The van der Waals surface area contributed by atoms with E-state index in [0.29, 0.717) is 6.42 Å². The highest BCUT2D eigenvalue weighted by molar-refractivity contribution is 4.83. The molecular formula is C5H6. The van der Waals surface area contributed by atoms with Gasteiger partial charge in [-0.2, -0.15) is 0 Å². The Morgan fingerprint density at radius 2 is 2.20 bits per heavy atom. The standard InChI is InChI=1S/C5H6/c1-3-5-4-2/h1-3,5H,4H2/b5-3-. The summed E-state index contributed by atoms with van der Waals surface area (Å²) in [6, 6.07) is 0. The number of hydrogen-bond acceptors (Lipinski definition) is 0. The average Bonchev–Trinajstić information content (AvgIpc) is 1.41. The third-order valence-corrected chi connectivity index (χ3v) is 0.272. The maximum absolute atomic E-state index is 4.97. The average molecular weight is 66.1 g/mol. The van der Waals surface area contributed by atoms with Gasteiger partial charge in [-0.15, -0.1) is 0 Å². The second kappa shape index (κ2) is 3.74. The molecule has 0 nitrogen and oxygen atoms in total. The molecule has 0 aromatic rings. The van der Waals surface area contributed by atoms with Gasteiger partial charge < -0.3 is 0 Å². The molecule has 0 rings (SSSR count). The van der Waals surface area contributed by atoms with Crippen LogP contribution < -0.4 is 0 Å². The highest BCUT2D eigenvalue weighted by atomic mass is 13.6. The van der Waals surface area contributed by atoms with Gasteiger partial charge in [0, 0.05) is 0 Å². The van der Waals surface area contributed by atoms with Crippen molar-refractivity contribution in [2.24, 2.45) is 0 Å². The van der Waals surface area contributed by atoms with E-state index in [-0.39, 0.29) is 0 Å². The lowest BCUT2D eigenvalue weighted by Crippen LogP contribution is -1.44. The minimum atomic E-state index is 0.538. The van der Waals surface area contributed by atoms with Gasteiger partial charge in [-0.1, -0.05) is 12.2 Å². The zero-order chi connectivity index (χ0) is 4.12. The molecule has 0 aliphatic carbocycles. The van der Waals surface area contributed by atoms with Crippen LogP contribution in [0.5, 0.6) is 0 Å². The summed E-state index contributed by atoms with van der Waals surface area (Å²) in [6.45, 7) is 9.85. The van der Waals surface area contributed by atoms with Crippen LogP contribution in [0.25, 0.3) is 0 Å². The smallest absolute Gasteiger partial charge is 0.00958 e. The van der Waals surface area contributed by atoms with Crippen molar-refractivity contribution < 1.29 is 0 Å². The predicted octanol–water partition coefficient (Wildman–Crippen LogP) is 1.35.